The Morgan fingerprint density at radius 3 is 2.76 bits per heavy atom. The van der Waals surface area contributed by atoms with E-state index < -0.39 is 10.0 Å². The molecule has 1 aromatic rings. The molecular weight excluding hydrogens is 285 g/mol. The molecule has 0 radical (unpaired) electrons. The first-order valence-corrected chi connectivity index (χ1v) is 6.98. The zero-order valence-electron chi connectivity index (χ0n) is 8.79. The van der Waals surface area contributed by atoms with Gasteiger partial charge in [0.15, 0.2) is 0 Å². The van der Waals surface area contributed by atoms with Gasteiger partial charge in [-0.25, -0.2) is 0 Å². The van der Waals surface area contributed by atoms with Crippen LogP contribution in [0.3, 0.4) is 0 Å². The molecule has 92 valence electrons. The smallest absolute Gasteiger partial charge is 0.289 e. The van der Waals surface area contributed by atoms with Gasteiger partial charge in [-0.1, -0.05) is 23.2 Å². The molecule has 1 aliphatic heterocycles. The average molecular weight is 294 g/mol. The zero-order valence-corrected chi connectivity index (χ0v) is 11.1. The Morgan fingerprint density at radius 2 is 2.12 bits per heavy atom. The molecule has 8 heteroatoms. The van der Waals surface area contributed by atoms with Gasteiger partial charge in [0, 0.05) is 11.6 Å². The Hall–Kier alpha value is -0.980. The molecule has 1 aromatic carbocycles. The van der Waals surface area contributed by atoms with Crippen molar-refractivity contribution < 1.29 is 8.42 Å². The van der Waals surface area contributed by atoms with Crippen LogP contribution in [-0.2, 0) is 10.0 Å². The molecule has 2 N–H and O–H groups in total. The lowest BCUT2D eigenvalue weighted by Crippen LogP contribution is -2.34. The van der Waals surface area contributed by atoms with E-state index in [1.54, 1.807) is 0 Å². The Labute approximate surface area is 109 Å². The van der Waals surface area contributed by atoms with Gasteiger partial charge in [-0.2, -0.15) is 8.42 Å². The van der Waals surface area contributed by atoms with E-state index in [0.29, 0.717) is 17.3 Å². The van der Waals surface area contributed by atoms with Gasteiger partial charge < -0.3 is 10.6 Å². The van der Waals surface area contributed by atoms with Crippen molar-refractivity contribution >= 4 is 44.9 Å². The number of sulfonamides is 1. The molecule has 0 unspecified atom stereocenters. The predicted molar refractivity (Wildman–Crippen MR) is 68.4 cm³/mol. The molecule has 0 amide bonds. The first kappa shape index (κ1) is 12.5. The van der Waals surface area contributed by atoms with Crippen LogP contribution >= 0.6 is 23.2 Å². The van der Waals surface area contributed by atoms with Crippen LogP contribution < -0.4 is 10.6 Å². The van der Waals surface area contributed by atoms with Crippen molar-refractivity contribution in [3.8, 4) is 0 Å². The Morgan fingerprint density at radius 1 is 1.41 bits per heavy atom. The van der Waals surface area contributed by atoms with Crippen LogP contribution in [0.2, 0.25) is 10.0 Å². The molecule has 0 saturated carbocycles. The first-order valence-electron chi connectivity index (χ1n) is 4.79. The summed E-state index contributed by atoms with van der Waals surface area (Å²) in [5.41, 5.74) is 0.327. The van der Waals surface area contributed by atoms with E-state index in [9.17, 15) is 8.42 Å². The number of halogens is 2. The molecule has 2 rings (SSSR count). The third kappa shape index (κ3) is 2.34. The van der Waals surface area contributed by atoms with Crippen molar-refractivity contribution in [2.45, 2.75) is 11.8 Å². The molecule has 0 spiro atoms. The number of guanidine groups is 1. The average Bonchev–Trinajstić information content (AvgIpc) is 2.13. The molecule has 1 heterocycles. The highest BCUT2D eigenvalue weighted by Gasteiger charge is 2.28. The lowest BCUT2D eigenvalue weighted by Gasteiger charge is -2.19. The fourth-order valence-corrected chi connectivity index (χ4v) is 3.40. The standard InChI is InChI=1S/C9H9Cl2N3O2S/c1-2-12-9-13-7-4-5(10)3-6(11)8(7)17(15,16)14-9/h3-4H,2H2,1H3,(H2,12,13,14). The van der Waals surface area contributed by atoms with E-state index >= 15 is 0 Å². The molecule has 17 heavy (non-hydrogen) atoms. The van der Waals surface area contributed by atoms with E-state index in [4.69, 9.17) is 23.2 Å². The van der Waals surface area contributed by atoms with Crippen LogP contribution in [-0.4, -0.2) is 20.9 Å². The minimum absolute atomic E-state index is 0.0507. The number of hydrogen-bond acceptors (Lipinski definition) is 4. The second-order valence-electron chi connectivity index (χ2n) is 3.33. The van der Waals surface area contributed by atoms with Crippen LogP contribution in [0.25, 0.3) is 0 Å². The first-order chi connectivity index (χ1) is 7.94. The summed E-state index contributed by atoms with van der Waals surface area (Å²) in [6, 6.07) is 2.86. The maximum absolute atomic E-state index is 11.9. The number of nitrogens with zero attached hydrogens (tertiary/aromatic N) is 1. The minimum Gasteiger partial charge on any atom is -0.355 e. The summed E-state index contributed by atoms with van der Waals surface area (Å²) in [4.78, 5) is -0.0507. The van der Waals surface area contributed by atoms with Crippen molar-refractivity contribution in [1.29, 1.82) is 0 Å². The Balaban J connectivity index is 2.61. The molecular formula is C9H9Cl2N3O2S. The molecule has 0 fully saturated rings. The van der Waals surface area contributed by atoms with Gasteiger partial charge in [-0.3, -0.25) is 0 Å². The maximum atomic E-state index is 11.9. The van der Waals surface area contributed by atoms with Crippen LogP contribution in [0.15, 0.2) is 21.4 Å². The molecule has 1 aliphatic rings. The molecule has 0 saturated heterocycles. The lowest BCUT2D eigenvalue weighted by atomic mass is 10.3. The molecule has 0 aromatic heterocycles. The topological polar surface area (TPSA) is 70.6 Å². The summed E-state index contributed by atoms with van der Waals surface area (Å²) in [5.74, 6) is 0.165. The van der Waals surface area contributed by atoms with Gasteiger partial charge in [0.1, 0.15) is 4.90 Å². The van der Waals surface area contributed by atoms with Crippen molar-refractivity contribution in [1.82, 2.24) is 5.32 Å². The number of benzene rings is 1. The summed E-state index contributed by atoms with van der Waals surface area (Å²) in [6.07, 6.45) is 0. The summed E-state index contributed by atoms with van der Waals surface area (Å²) >= 11 is 11.7. The summed E-state index contributed by atoms with van der Waals surface area (Å²) in [5, 5.41) is 6.03. The van der Waals surface area contributed by atoms with E-state index in [2.05, 4.69) is 15.0 Å². The minimum atomic E-state index is -3.79. The van der Waals surface area contributed by atoms with E-state index in [0.717, 1.165) is 0 Å². The highest BCUT2D eigenvalue weighted by molar-refractivity contribution is 7.90. The maximum Gasteiger partial charge on any atom is 0.289 e. The number of fused-ring (bicyclic) bond motifs is 1. The van der Waals surface area contributed by atoms with E-state index in [-0.39, 0.29) is 15.9 Å². The highest BCUT2D eigenvalue weighted by atomic mass is 35.5. The molecule has 5 nitrogen and oxygen atoms in total. The number of hydrogen-bond donors (Lipinski definition) is 2. The third-order valence-corrected chi connectivity index (χ3v) is 4.08. The highest BCUT2D eigenvalue weighted by Crippen LogP contribution is 2.36. The summed E-state index contributed by atoms with van der Waals surface area (Å²) < 4.78 is 27.4. The monoisotopic (exact) mass is 293 g/mol. The van der Waals surface area contributed by atoms with Crippen molar-refractivity contribution in [3.63, 3.8) is 0 Å². The van der Waals surface area contributed by atoms with Gasteiger partial charge in [0.05, 0.1) is 10.7 Å². The van der Waals surface area contributed by atoms with Gasteiger partial charge in [0.25, 0.3) is 10.0 Å². The van der Waals surface area contributed by atoms with Gasteiger partial charge >= 0.3 is 0 Å². The second kappa shape index (κ2) is 4.36. The summed E-state index contributed by atoms with van der Waals surface area (Å²) in [6.45, 7) is 2.38. The summed E-state index contributed by atoms with van der Waals surface area (Å²) in [7, 11) is -3.79. The molecule has 0 bridgehead atoms. The quantitative estimate of drug-likeness (QED) is 0.832. The van der Waals surface area contributed by atoms with Crippen molar-refractivity contribution in [2.24, 2.45) is 4.40 Å². The normalized spacial score (nSPS) is 16.8. The van der Waals surface area contributed by atoms with E-state index in [1.165, 1.54) is 12.1 Å². The number of nitrogens with one attached hydrogen (secondary N) is 2. The van der Waals surface area contributed by atoms with Gasteiger partial charge in [0.2, 0.25) is 5.96 Å². The predicted octanol–water partition coefficient (Wildman–Crippen LogP) is 2.07. The van der Waals surface area contributed by atoms with Crippen LogP contribution in [0, 0.1) is 0 Å². The largest absolute Gasteiger partial charge is 0.355 e. The second-order valence-corrected chi connectivity index (χ2v) is 5.72. The Kier molecular flexibility index (Phi) is 3.20. The van der Waals surface area contributed by atoms with Gasteiger partial charge in [-0.15, -0.1) is 4.40 Å². The fraction of sp³-hybridized carbons (Fsp3) is 0.222. The van der Waals surface area contributed by atoms with Crippen molar-refractivity contribution in [3.05, 3.63) is 22.2 Å². The van der Waals surface area contributed by atoms with E-state index in [1.807, 2.05) is 6.92 Å². The third-order valence-electron chi connectivity index (χ3n) is 2.08. The molecule has 0 aliphatic carbocycles. The van der Waals surface area contributed by atoms with Crippen LogP contribution in [0.5, 0.6) is 0 Å². The SMILES string of the molecule is CCNC1=NS(=O)(=O)c2c(Cl)cc(Cl)cc2N1. The van der Waals surface area contributed by atoms with Crippen molar-refractivity contribution in [2.75, 3.05) is 11.9 Å². The van der Waals surface area contributed by atoms with Crippen LogP contribution in [0.1, 0.15) is 6.92 Å². The van der Waals surface area contributed by atoms with Crippen LogP contribution in [0.4, 0.5) is 5.69 Å². The zero-order chi connectivity index (χ0) is 12.6. The fourth-order valence-electron chi connectivity index (χ4n) is 1.48. The number of rotatable bonds is 1. The van der Waals surface area contributed by atoms with Gasteiger partial charge in [-0.05, 0) is 19.1 Å². The molecule has 0 atom stereocenters. The Bertz CT molecular complexity index is 599. The lowest BCUT2D eigenvalue weighted by molar-refractivity contribution is 0.597. The number of anilines is 1.